The van der Waals surface area contributed by atoms with E-state index in [1.165, 1.54) is 28.5 Å². The Kier molecular flexibility index (Phi) is 16.2. The Morgan fingerprint density at radius 1 is 0.662 bits per heavy atom. The summed E-state index contributed by atoms with van der Waals surface area (Å²) < 4.78 is 4.30. The van der Waals surface area contributed by atoms with Crippen molar-refractivity contribution >= 4 is 75.1 Å². The van der Waals surface area contributed by atoms with Crippen LogP contribution in [0.2, 0.25) is 10.0 Å². The number of hydrogen-bond donors (Lipinski definition) is 1. The van der Waals surface area contributed by atoms with Gasteiger partial charge in [0.15, 0.2) is 0 Å². The molecular formula is C58H54Cl2N16S. The van der Waals surface area contributed by atoms with Crippen molar-refractivity contribution in [2.45, 2.75) is 39.0 Å². The first-order valence-corrected chi connectivity index (χ1v) is 27.1. The highest BCUT2D eigenvalue weighted by molar-refractivity contribution is 8.13. The van der Waals surface area contributed by atoms with Crippen molar-refractivity contribution in [1.29, 1.82) is 5.26 Å². The molecule has 4 aliphatic rings. The standard InChI is InChI=1S/C32H28ClN9.C26H26ClN7S/c1-22-36-12-13-42(22)21-25-18-24-4-3-11-37-30(24)31(28-10-7-26(33)19-29(25)28)40-14-16-41(17-15-40)32(39-35-2)38-27-8-5-23(20-34)6-9-27;1-18-29-9-10-34(18)17-20-15-19-5-4-8-30-24(19)25(22-7-6-21(27)16-23(20)22)32-11-13-33(14-12-32)26(35-3)31-28-2/h3-13,18-19,31H,14-17,21H2,1H3,(H,38,39);4-10,15-16,25H,11-14,17H2,1,3H3/b;31-26-. The van der Waals surface area contributed by atoms with E-state index in [0.717, 1.165) is 106 Å². The Labute approximate surface area is 463 Å². The zero-order chi connectivity index (χ0) is 53.4. The molecule has 0 saturated carbocycles. The number of anilines is 1. The van der Waals surface area contributed by atoms with Crippen molar-refractivity contribution < 1.29 is 0 Å². The van der Waals surface area contributed by atoms with Gasteiger partial charge in [0.05, 0.1) is 35.1 Å². The van der Waals surface area contributed by atoms with Crippen molar-refractivity contribution in [2.24, 2.45) is 10.2 Å². The van der Waals surface area contributed by atoms with Gasteiger partial charge in [-0.25, -0.2) is 9.97 Å². The van der Waals surface area contributed by atoms with Gasteiger partial charge in [-0.2, -0.15) is 18.4 Å². The Morgan fingerprint density at radius 2 is 1.16 bits per heavy atom. The highest BCUT2D eigenvalue weighted by atomic mass is 35.5. The molecule has 3 aromatic carbocycles. The average Bonchev–Trinajstić information content (AvgIpc) is 4.00. The monoisotopic (exact) mass is 1080 g/mol. The van der Waals surface area contributed by atoms with E-state index < -0.39 is 0 Å². The van der Waals surface area contributed by atoms with Gasteiger partial charge in [-0.05, 0) is 137 Å². The van der Waals surface area contributed by atoms with Crippen LogP contribution in [0.4, 0.5) is 5.69 Å². The maximum absolute atomic E-state index is 9.10. The predicted octanol–water partition coefficient (Wildman–Crippen LogP) is 10.7. The third-order valence-corrected chi connectivity index (χ3v) is 15.6. The van der Waals surface area contributed by atoms with Gasteiger partial charge in [-0.3, -0.25) is 19.8 Å². The molecular weight excluding hydrogens is 1020 g/mol. The first-order valence-electron chi connectivity index (χ1n) is 25.2. The van der Waals surface area contributed by atoms with Crippen molar-refractivity contribution in [1.82, 2.24) is 48.7 Å². The summed E-state index contributed by atoms with van der Waals surface area (Å²) in [6, 6.07) is 29.8. The lowest BCUT2D eigenvalue weighted by Gasteiger charge is -2.40. The smallest absolute Gasteiger partial charge is 0.285 e. The maximum Gasteiger partial charge on any atom is 0.285 e. The van der Waals surface area contributed by atoms with Crippen molar-refractivity contribution in [3.63, 3.8) is 0 Å². The number of nitriles is 1. The van der Waals surface area contributed by atoms with Crippen LogP contribution in [0.3, 0.4) is 0 Å². The third-order valence-electron chi connectivity index (χ3n) is 14.4. The molecule has 0 bridgehead atoms. The number of pyridine rings is 2. The van der Waals surface area contributed by atoms with Gasteiger partial charge in [-0.1, -0.05) is 59.2 Å². The molecule has 16 nitrogen and oxygen atoms in total. The molecule has 2 unspecified atom stereocenters. The molecule has 386 valence electrons. The lowest BCUT2D eigenvalue weighted by atomic mass is 9.93. The second-order valence-electron chi connectivity index (χ2n) is 18.8. The lowest BCUT2D eigenvalue weighted by molar-refractivity contribution is 0.148. The zero-order valence-corrected chi connectivity index (χ0v) is 45.1. The number of nitrogens with zero attached hydrogens (tertiary/aromatic N) is 15. The summed E-state index contributed by atoms with van der Waals surface area (Å²) in [5.41, 5.74) is 12.6. The third kappa shape index (κ3) is 11.5. The Morgan fingerprint density at radius 3 is 1.60 bits per heavy atom. The molecule has 7 aromatic rings. The molecule has 4 aromatic heterocycles. The van der Waals surface area contributed by atoms with Crippen LogP contribution in [0.1, 0.15) is 74.1 Å². The molecule has 11 rings (SSSR count). The normalized spacial score (nSPS) is 17.5. The van der Waals surface area contributed by atoms with E-state index in [2.05, 4.69) is 119 Å². The van der Waals surface area contributed by atoms with Crippen LogP contribution in [0.15, 0.2) is 132 Å². The molecule has 2 aliphatic carbocycles. The Bertz CT molecular complexity index is 3540. The summed E-state index contributed by atoms with van der Waals surface area (Å²) in [5, 5.41) is 22.6. The van der Waals surface area contributed by atoms with Crippen LogP contribution in [-0.4, -0.2) is 118 Å². The topological polar surface area (TPSA) is 144 Å². The van der Waals surface area contributed by atoms with Crippen LogP contribution in [0.5, 0.6) is 0 Å². The number of allylic oxidation sites excluding steroid dienone is 2. The van der Waals surface area contributed by atoms with Crippen LogP contribution >= 0.6 is 35.0 Å². The fourth-order valence-electron chi connectivity index (χ4n) is 10.6. The zero-order valence-electron chi connectivity index (χ0n) is 42.8. The van der Waals surface area contributed by atoms with Crippen LogP contribution < -0.4 is 5.32 Å². The molecule has 6 heterocycles. The number of thioether (sulfide) groups is 1. The molecule has 2 atom stereocenters. The van der Waals surface area contributed by atoms with Gasteiger partial charge in [0.25, 0.3) is 5.96 Å². The largest absolute Gasteiger partial charge is 0.343 e. The number of halogens is 2. The summed E-state index contributed by atoms with van der Waals surface area (Å²) in [6.07, 6.45) is 17.9. The number of imidazole rings is 2. The van der Waals surface area contributed by atoms with Crippen LogP contribution in [-0.2, 0) is 13.1 Å². The number of guanidine groups is 1. The fourth-order valence-corrected chi connectivity index (χ4v) is 11.5. The van der Waals surface area contributed by atoms with Gasteiger partial charge in [-0.15, -0.1) is 9.91 Å². The number of aryl methyl sites for hydroxylation is 2. The summed E-state index contributed by atoms with van der Waals surface area (Å²) in [7, 11) is 0. The molecule has 0 spiro atoms. The highest BCUT2D eigenvalue weighted by Crippen LogP contribution is 2.43. The number of amidine groups is 1. The molecule has 19 heteroatoms. The van der Waals surface area contributed by atoms with E-state index in [-0.39, 0.29) is 12.1 Å². The van der Waals surface area contributed by atoms with Gasteiger partial charge in [0.2, 0.25) is 5.17 Å². The summed E-state index contributed by atoms with van der Waals surface area (Å²) in [6.45, 7) is 26.0. The second-order valence-corrected chi connectivity index (χ2v) is 20.5. The van der Waals surface area contributed by atoms with Gasteiger partial charge < -0.3 is 24.3 Å². The lowest BCUT2D eigenvalue weighted by Crippen LogP contribution is -2.51. The molecule has 2 saturated heterocycles. The molecule has 2 fully saturated rings. The van der Waals surface area contributed by atoms with Gasteiger partial charge in [0.1, 0.15) is 21.9 Å². The van der Waals surface area contributed by atoms with Crippen molar-refractivity contribution in [3.05, 3.63) is 217 Å². The van der Waals surface area contributed by atoms with E-state index in [1.807, 2.05) is 93.7 Å². The van der Waals surface area contributed by atoms with E-state index >= 15 is 0 Å². The van der Waals surface area contributed by atoms with Crippen LogP contribution in [0.25, 0.3) is 33.2 Å². The minimum Gasteiger partial charge on any atom is -0.343 e. The average molecular weight is 1080 g/mol. The minimum absolute atomic E-state index is 0.00813. The van der Waals surface area contributed by atoms with E-state index in [1.54, 1.807) is 12.1 Å². The Balaban J connectivity index is 0.000000178. The first-order chi connectivity index (χ1) is 37.6. The number of aromatic nitrogens is 6. The highest BCUT2D eigenvalue weighted by Gasteiger charge is 2.36. The number of hydrogen-bond acceptors (Lipinski definition) is 10. The van der Waals surface area contributed by atoms with E-state index in [9.17, 15) is 0 Å². The van der Waals surface area contributed by atoms with Crippen LogP contribution in [0, 0.1) is 38.3 Å². The molecule has 0 amide bonds. The van der Waals surface area contributed by atoms with E-state index in [4.69, 9.17) is 51.6 Å². The first kappa shape index (κ1) is 52.4. The van der Waals surface area contributed by atoms with Gasteiger partial charge >= 0.3 is 0 Å². The molecule has 77 heavy (non-hydrogen) atoms. The second kappa shape index (κ2) is 23.9. The summed E-state index contributed by atoms with van der Waals surface area (Å²) >= 11 is 14.6. The van der Waals surface area contributed by atoms with Crippen molar-refractivity contribution in [2.75, 3.05) is 63.9 Å². The van der Waals surface area contributed by atoms with E-state index in [0.29, 0.717) is 42.7 Å². The number of rotatable bonds is 7. The van der Waals surface area contributed by atoms with Crippen molar-refractivity contribution in [3.8, 4) is 6.07 Å². The molecule has 0 radical (unpaired) electrons. The number of fused-ring (bicyclic) bond motifs is 4. The fraction of sp³-hybridized carbons (Fsp3) is 0.259. The SMILES string of the molecule is [C-]#[N+]/N=C(\Nc1ccc(C#N)cc1)N1CCN(C2c3ccc(Cl)cc3C(Cn3ccnc3C)=Cc3cccnc32)CC1.[C-]#[N+]/N=C(\SC)N1CCN(C2c3ccc(Cl)cc3C(Cn3ccnc3C)=Cc3cccnc32)CC1. The number of benzene rings is 3. The number of piperazine rings is 2. The minimum atomic E-state index is -0.0685. The number of nitrogens with one attached hydrogen (secondary N) is 1. The maximum atomic E-state index is 9.10. The molecule has 1 N–H and O–H groups in total. The van der Waals surface area contributed by atoms with Gasteiger partial charge in [0, 0.05) is 118 Å². The quantitative estimate of drug-likeness (QED) is 0.0705. The predicted molar refractivity (Wildman–Crippen MR) is 307 cm³/mol. The summed E-state index contributed by atoms with van der Waals surface area (Å²) in [4.78, 5) is 34.4. The molecule has 2 aliphatic heterocycles. The summed E-state index contributed by atoms with van der Waals surface area (Å²) in [5.74, 6) is 2.43. The Hall–Kier alpha value is -8.08.